The highest BCUT2D eigenvalue weighted by Gasteiger charge is 2.43. The van der Waals surface area contributed by atoms with Crippen molar-refractivity contribution in [3.05, 3.63) is 35.9 Å². The third kappa shape index (κ3) is 4.82. The predicted octanol–water partition coefficient (Wildman–Crippen LogP) is 0.400. The summed E-state index contributed by atoms with van der Waals surface area (Å²) in [5.74, 6) is 0.0241. The summed E-state index contributed by atoms with van der Waals surface area (Å²) in [6, 6.07) is 9.89. The van der Waals surface area contributed by atoms with Crippen LogP contribution in [0, 0.1) is 0 Å². The van der Waals surface area contributed by atoms with Gasteiger partial charge in [-0.3, -0.25) is 4.79 Å². The van der Waals surface area contributed by atoms with Crippen LogP contribution < -0.4 is 0 Å². The van der Waals surface area contributed by atoms with Crippen LogP contribution >= 0.6 is 0 Å². The molecule has 3 rings (SSSR count). The fourth-order valence-electron chi connectivity index (χ4n) is 3.89. The Morgan fingerprint density at radius 1 is 1.12 bits per heavy atom. The van der Waals surface area contributed by atoms with Gasteiger partial charge in [-0.1, -0.05) is 30.3 Å². The second-order valence-electron chi connectivity index (χ2n) is 7.70. The molecule has 6 heteroatoms. The summed E-state index contributed by atoms with van der Waals surface area (Å²) < 4.78 is 0. The smallest absolute Gasteiger partial charge is 0.222 e. The molecule has 0 bridgehead atoms. The summed E-state index contributed by atoms with van der Waals surface area (Å²) in [4.78, 5) is 16.2. The van der Waals surface area contributed by atoms with Gasteiger partial charge in [0.25, 0.3) is 0 Å². The lowest BCUT2D eigenvalue weighted by molar-refractivity contribution is -0.154. The van der Waals surface area contributed by atoms with E-state index in [9.17, 15) is 20.1 Å². The molecule has 2 saturated heterocycles. The maximum absolute atomic E-state index is 12.4. The minimum atomic E-state index is -1.18. The van der Waals surface area contributed by atoms with E-state index in [1.54, 1.807) is 4.90 Å². The number of likely N-dealkylation sites (tertiary alicyclic amines) is 2. The average Bonchev–Trinajstić information content (AvgIpc) is 2.65. The minimum Gasteiger partial charge on any atom is -0.393 e. The Morgan fingerprint density at radius 3 is 2.46 bits per heavy atom. The number of hydrogen-bond donors (Lipinski definition) is 3. The summed E-state index contributed by atoms with van der Waals surface area (Å²) in [5.41, 5.74) is -0.0550. The van der Waals surface area contributed by atoms with Crippen LogP contribution in [0.1, 0.15) is 31.2 Å². The number of benzene rings is 1. The van der Waals surface area contributed by atoms with Crippen molar-refractivity contribution >= 4 is 5.91 Å². The van der Waals surface area contributed by atoms with Crippen LogP contribution in [-0.4, -0.2) is 81.6 Å². The van der Waals surface area contributed by atoms with Gasteiger partial charge in [-0.15, -0.1) is 0 Å². The van der Waals surface area contributed by atoms with Gasteiger partial charge in [0.2, 0.25) is 5.91 Å². The van der Waals surface area contributed by atoms with Crippen molar-refractivity contribution in [3.8, 4) is 0 Å². The molecule has 0 radical (unpaired) electrons. The zero-order valence-electron chi connectivity index (χ0n) is 15.3. The highest BCUT2D eigenvalue weighted by Crippen LogP contribution is 2.26. The molecule has 2 aliphatic rings. The Morgan fingerprint density at radius 2 is 1.81 bits per heavy atom. The predicted molar refractivity (Wildman–Crippen MR) is 98.6 cm³/mol. The number of carbonyl (C=O) groups is 1. The van der Waals surface area contributed by atoms with Crippen molar-refractivity contribution in [2.24, 2.45) is 0 Å². The molecule has 6 nitrogen and oxygen atoms in total. The van der Waals surface area contributed by atoms with E-state index in [-0.39, 0.29) is 18.6 Å². The van der Waals surface area contributed by atoms with Crippen LogP contribution in [0.15, 0.2) is 30.3 Å². The molecule has 0 aromatic heterocycles. The van der Waals surface area contributed by atoms with E-state index in [1.165, 1.54) is 0 Å². The van der Waals surface area contributed by atoms with Gasteiger partial charge in [-0.25, -0.2) is 0 Å². The minimum absolute atomic E-state index is 0.0241. The Bertz CT molecular complexity index is 589. The fourth-order valence-corrected chi connectivity index (χ4v) is 3.89. The standard InChI is InChI=1S/C20H30N2O4/c23-17-8-11-21(12-9-17)15-20(26)10-13-22(14-18(20)24)19(25)7-6-16-4-2-1-3-5-16/h1-5,17-18,23-24,26H,6-15H2/t18-,20-/m0/s1. The van der Waals surface area contributed by atoms with Crippen molar-refractivity contribution in [2.75, 3.05) is 32.7 Å². The maximum Gasteiger partial charge on any atom is 0.222 e. The summed E-state index contributed by atoms with van der Waals surface area (Å²) in [5, 5.41) is 31.0. The van der Waals surface area contributed by atoms with Crippen molar-refractivity contribution in [3.63, 3.8) is 0 Å². The van der Waals surface area contributed by atoms with E-state index in [1.807, 2.05) is 30.3 Å². The molecule has 0 saturated carbocycles. The lowest BCUT2D eigenvalue weighted by Crippen LogP contribution is -2.61. The number of hydrogen-bond acceptors (Lipinski definition) is 5. The molecular formula is C20H30N2O4. The first-order chi connectivity index (χ1) is 12.5. The van der Waals surface area contributed by atoms with Gasteiger partial charge in [-0.05, 0) is 31.2 Å². The first-order valence-corrected chi connectivity index (χ1v) is 9.59. The molecule has 2 heterocycles. The van der Waals surface area contributed by atoms with Crippen LogP contribution in [0.3, 0.4) is 0 Å². The number of aliphatic hydroxyl groups is 3. The summed E-state index contributed by atoms with van der Waals surface area (Å²) in [6.45, 7) is 2.51. The third-order valence-electron chi connectivity index (χ3n) is 5.71. The molecular weight excluding hydrogens is 332 g/mol. The van der Waals surface area contributed by atoms with E-state index < -0.39 is 11.7 Å². The molecule has 0 spiro atoms. The third-order valence-corrected chi connectivity index (χ3v) is 5.71. The lowest BCUT2D eigenvalue weighted by Gasteiger charge is -2.45. The number of carbonyl (C=O) groups excluding carboxylic acids is 1. The van der Waals surface area contributed by atoms with Gasteiger partial charge >= 0.3 is 0 Å². The van der Waals surface area contributed by atoms with Gasteiger partial charge in [0.05, 0.1) is 6.10 Å². The van der Waals surface area contributed by atoms with E-state index in [2.05, 4.69) is 4.90 Å². The molecule has 2 fully saturated rings. The van der Waals surface area contributed by atoms with Gasteiger partial charge < -0.3 is 25.1 Å². The number of nitrogens with zero attached hydrogens (tertiary/aromatic N) is 2. The number of piperidine rings is 2. The zero-order chi connectivity index (χ0) is 18.6. The Kier molecular flexibility index (Phi) is 6.29. The van der Waals surface area contributed by atoms with Crippen molar-refractivity contribution in [2.45, 2.75) is 49.9 Å². The van der Waals surface area contributed by atoms with Crippen molar-refractivity contribution < 1.29 is 20.1 Å². The highest BCUT2D eigenvalue weighted by atomic mass is 16.3. The first kappa shape index (κ1) is 19.3. The molecule has 1 amide bonds. The van der Waals surface area contributed by atoms with Gasteiger partial charge in [0.15, 0.2) is 0 Å². The average molecular weight is 362 g/mol. The molecule has 0 unspecified atom stereocenters. The second-order valence-corrected chi connectivity index (χ2v) is 7.70. The molecule has 1 aromatic rings. The first-order valence-electron chi connectivity index (χ1n) is 9.59. The maximum atomic E-state index is 12.4. The molecule has 0 aliphatic carbocycles. The van der Waals surface area contributed by atoms with Crippen LogP contribution in [0.5, 0.6) is 0 Å². The van der Waals surface area contributed by atoms with Gasteiger partial charge in [0, 0.05) is 39.1 Å². The Labute approximate surface area is 155 Å². The van der Waals surface area contributed by atoms with E-state index >= 15 is 0 Å². The normalized spacial score (nSPS) is 28.3. The molecule has 144 valence electrons. The van der Waals surface area contributed by atoms with Crippen LogP contribution in [0.2, 0.25) is 0 Å². The Balaban J connectivity index is 1.48. The Hall–Kier alpha value is -1.47. The van der Waals surface area contributed by atoms with Crippen molar-refractivity contribution in [1.29, 1.82) is 0 Å². The number of β-amino-alcohol motifs (C(OH)–C–C–N with tert-alkyl or cyclic N) is 2. The highest BCUT2D eigenvalue weighted by molar-refractivity contribution is 5.76. The van der Waals surface area contributed by atoms with Gasteiger partial charge in [-0.2, -0.15) is 0 Å². The van der Waals surface area contributed by atoms with E-state index in [0.717, 1.165) is 18.7 Å². The molecule has 2 aliphatic heterocycles. The van der Waals surface area contributed by atoms with Crippen LogP contribution in [-0.2, 0) is 11.2 Å². The fraction of sp³-hybridized carbons (Fsp3) is 0.650. The number of amides is 1. The molecule has 2 atom stereocenters. The van der Waals surface area contributed by atoms with E-state index in [4.69, 9.17) is 0 Å². The summed E-state index contributed by atoms with van der Waals surface area (Å²) in [6.07, 6.45) is 1.70. The quantitative estimate of drug-likeness (QED) is 0.706. The second kappa shape index (κ2) is 8.48. The largest absolute Gasteiger partial charge is 0.393 e. The van der Waals surface area contributed by atoms with E-state index in [0.29, 0.717) is 45.2 Å². The summed E-state index contributed by atoms with van der Waals surface area (Å²) >= 11 is 0. The van der Waals surface area contributed by atoms with Crippen molar-refractivity contribution in [1.82, 2.24) is 9.80 Å². The number of aryl methyl sites for hydroxylation is 1. The SMILES string of the molecule is O=C(CCc1ccccc1)N1CC[C@](O)(CN2CCC(O)CC2)[C@@H](O)C1. The monoisotopic (exact) mass is 362 g/mol. The van der Waals surface area contributed by atoms with Gasteiger partial charge in [0.1, 0.15) is 11.7 Å². The van der Waals surface area contributed by atoms with Crippen LogP contribution in [0.4, 0.5) is 0 Å². The lowest BCUT2D eigenvalue weighted by atomic mass is 9.87. The topological polar surface area (TPSA) is 84.2 Å². The number of aliphatic hydroxyl groups excluding tert-OH is 2. The zero-order valence-corrected chi connectivity index (χ0v) is 15.3. The summed E-state index contributed by atoms with van der Waals surface area (Å²) in [7, 11) is 0. The molecule has 26 heavy (non-hydrogen) atoms. The molecule has 3 N–H and O–H groups in total. The van der Waals surface area contributed by atoms with Crippen LogP contribution in [0.25, 0.3) is 0 Å². The molecule has 1 aromatic carbocycles. The number of rotatable bonds is 5.